The van der Waals surface area contributed by atoms with Crippen LogP contribution in [0.15, 0.2) is 24.5 Å². The molecule has 0 aliphatic heterocycles. The maximum Gasteiger partial charge on any atom is 0.322 e. The molecule has 1 atom stereocenters. The maximum atomic E-state index is 10.9. The van der Waals surface area contributed by atoms with Crippen LogP contribution in [0, 0.1) is 0 Å². The van der Waals surface area contributed by atoms with Gasteiger partial charge in [-0.05, 0) is 13.0 Å². The van der Waals surface area contributed by atoms with E-state index >= 15 is 0 Å². The number of nitrogens with zero attached hydrogens (tertiary/aromatic N) is 1. The summed E-state index contributed by atoms with van der Waals surface area (Å²) in [7, 11) is 0. The summed E-state index contributed by atoms with van der Waals surface area (Å²) in [4.78, 5) is 14.8. The normalized spacial score (nSPS) is 12.2. The van der Waals surface area contributed by atoms with Gasteiger partial charge in [0.2, 0.25) is 0 Å². The molecule has 0 bridgehead atoms. The van der Waals surface area contributed by atoms with Crippen molar-refractivity contribution in [3.8, 4) is 0 Å². The van der Waals surface area contributed by atoms with Crippen LogP contribution in [0.1, 0.15) is 12.5 Å². The summed E-state index contributed by atoms with van der Waals surface area (Å²) in [6, 6.07) is 3.05. The van der Waals surface area contributed by atoms with Gasteiger partial charge in [0.1, 0.15) is 12.6 Å². The van der Waals surface area contributed by atoms with Crippen molar-refractivity contribution in [2.75, 3.05) is 0 Å². The van der Waals surface area contributed by atoms with Crippen LogP contribution in [0.5, 0.6) is 0 Å². The lowest BCUT2D eigenvalue weighted by Gasteiger charge is -2.06. The Morgan fingerprint density at radius 3 is 3.08 bits per heavy atom. The molecule has 0 aliphatic carbocycles. The summed E-state index contributed by atoms with van der Waals surface area (Å²) in [5.74, 6) is -0.399. The van der Waals surface area contributed by atoms with E-state index in [0.29, 0.717) is 0 Å². The van der Waals surface area contributed by atoms with Crippen molar-refractivity contribution in [2.45, 2.75) is 19.6 Å². The Morgan fingerprint density at radius 1 is 1.77 bits per heavy atom. The summed E-state index contributed by atoms with van der Waals surface area (Å²) >= 11 is 0. The van der Waals surface area contributed by atoms with Gasteiger partial charge in [0.05, 0.1) is 0 Å². The second-order valence-corrected chi connectivity index (χ2v) is 2.76. The number of esters is 1. The second kappa shape index (κ2) is 4.57. The summed E-state index contributed by atoms with van der Waals surface area (Å²) in [6.07, 6.45) is 3.31. The number of pyridine rings is 1. The smallest absolute Gasteiger partial charge is 0.322 e. The van der Waals surface area contributed by atoms with Crippen LogP contribution in [0.4, 0.5) is 0 Å². The van der Waals surface area contributed by atoms with Crippen molar-refractivity contribution in [2.24, 2.45) is 5.73 Å². The number of nitrogens with two attached hydrogens (primary N) is 1. The average Bonchev–Trinajstić information content (AvgIpc) is 2.15. The predicted molar refractivity (Wildman–Crippen MR) is 47.7 cm³/mol. The van der Waals surface area contributed by atoms with Gasteiger partial charge < -0.3 is 10.5 Å². The van der Waals surface area contributed by atoms with Gasteiger partial charge in [0.15, 0.2) is 0 Å². The van der Waals surface area contributed by atoms with Crippen molar-refractivity contribution in [1.29, 1.82) is 0 Å². The van der Waals surface area contributed by atoms with Gasteiger partial charge in [0.25, 0.3) is 0 Å². The van der Waals surface area contributed by atoms with Crippen LogP contribution in [-0.4, -0.2) is 17.0 Å². The van der Waals surface area contributed by atoms with Gasteiger partial charge in [0, 0.05) is 18.0 Å². The number of carbonyl (C=O) groups excluding carboxylic acids is 1. The van der Waals surface area contributed by atoms with Crippen LogP contribution >= 0.6 is 0 Å². The Bertz CT molecular complexity index is 272. The molecule has 1 heterocycles. The molecule has 0 saturated carbocycles. The molecule has 0 fully saturated rings. The third kappa shape index (κ3) is 3.21. The Balaban J connectivity index is 2.40. The highest BCUT2D eigenvalue weighted by Crippen LogP contribution is 1.98. The fourth-order valence-corrected chi connectivity index (χ4v) is 0.769. The molecule has 2 N–H and O–H groups in total. The maximum absolute atomic E-state index is 10.9. The number of aromatic nitrogens is 1. The highest BCUT2D eigenvalue weighted by Gasteiger charge is 2.07. The molecule has 4 heteroatoms. The summed E-state index contributed by atoms with van der Waals surface area (Å²) in [5, 5.41) is 0. The van der Waals surface area contributed by atoms with Gasteiger partial charge in [-0.3, -0.25) is 9.78 Å². The third-order valence-corrected chi connectivity index (χ3v) is 1.48. The molecular formula is C9H12N2O2. The van der Waals surface area contributed by atoms with Crippen LogP contribution in [0.2, 0.25) is 0 Å². The molecule has 4 nitrogen and oxygen atoms in total. The first-order chi connectivity index (χ1) is 6.20. The molecule has 0 aromatic carbocycles. The minimum Gasteiger partial charge on any atom is -0.460 e. The van der Waals surface area contributed by atoms with Gasteiger partial charge in [-0.25, -0.2) is 0 Å². The van der Waals surface area contributed by atoms with Gasteiger partial charge in [-0.1, -0.05) is 6.07 Å². The van der Waals surface area contributed by atoms with E-state index < -0.39 is 12.0 Å². The average molecular weight is 180 g/mol. The molecule has 1 unspecified atom stereocenters. The Labute approximate surface area is 76.7 Å². The lowest BCUT2D eigenvalue weighted by atomic mass is 10.3. The standard InChI is InChI=1S/C9H12N2O2/c1-7(10)9(12)13-6-8-3-2-4-11-5-8/h2-5,7H,6,10H2,1H3. The highest BCUT2D eigenvalue weighted by atomic mass is 16.5. The van der Waals surface area contributed by atoms with Crippen molar-refractivity contribution in [3.05, 3.63) is 30.1 Å². The summed E-state index contributed by atoms with van der Waals surface area (Å²) in [6.45, 7) is 1.82. The molecule has 1 aromatic rings. The zero-order chi connectivity index (χ0) is 9.68. The summed E-state index contributed by atoms with van der Waals surface area (Å²) < 4.78 is 4.89. The van der Waals surface area contributed by atoms with Gasteiger partial charge in [-0.2, -0.15) is 0 Å². The van der Waals surface area contributed by atoms with Crippen molar-refractivity contribution in [3.63, 3.8) is 0 Å². The predicted octanol–water partition coefficient (Wildman–Crippen LogP) is 0.472. The van der Waals surface area contributed by atoms with E-state index in [4.69, 9.17) is 10.5 Å². The van der Waals surface area contributed by atoms with E-state index in [0.717, 1.165) is 5.56 Å². The van der Waals surface area contributed by atoms with Gasteiger partial charge >= 0.3 is 5.97 Å². The minimum atomic E-state index is -0.573. The molecule has 0 radical (unpaired) electrons. The highest BCUT2D eigenvalue weighted by molar-refractivity contribution is 5.74. The van der Waals surface area contributed by atoms with Gasteiger partial charge in [-0.15, -0.1) is 0 Å². The molecule has 0 saturated heterocycles. The first-order valence-corrected chi connectivity index (χ1v) is 4.01. The molecule has 1 rings (SSSR count). The van der Waals surface area contributed by atoms with E-state index in [2.05, 4.69) is 4.98 Å². The first-order valence-electron chi connectivity index (χ1n) is 4.01. The number of hydrogen-bond donors (Lipinski definition) is 1. The second-order valence-electron chi connectivity index (χ2n) is 2.76. The fourth-order valence-electron chi connectivity index (χ4n) is 0.769. The van der Waals surface area contributed by atoms with Crippen molar-refractivity contribution in [1.82, 2.24) is 4.98 Å². The number of ether oxygens (including phenoxy) is 1. The lowest BCUT2D eigenvalue weighted by molar-refractivity contribution is -0.146. The third-order valence-electron chi connectivity index (χ3n) is 1.48. The Kier molecular flexibility index (Phi) is 3.40. The largest absolute Gasteiger partial charge is 0.460 e. The lowest BCUT2D eigenvalue weighted by Crippen LogP contribution is -2.28. The van der Waals surface area contributed by atoms with Crippen LogP contribution < -0.4 is 5.73 Å². The van der Waals surface area contributed by atoms with E-state index in [1.807, 2.05) is 6.07 Å². The fraction of sp³-hybridized carbons (Fsp3) is 0.333. The first kappa shape index (κ1) is 9.67. The van der Waals surface area contributed by atoms with E-state index in [1.165, 1.54) is 0 Å². The minimum absolute atomic E-state index is 0.230. The zero-order valence-corrected chi connectivity index (χ0v) is 7.43. The molecule has 0 amide bonds. The van der Waals surface area contributed by atoms with Crippen molar-refractivity contribution < 1.29 is 9.53 Å². The molecule has 13 heavy (non-hydrogen) atoms. The molecular weight excluding hydrogens is 168 g/mol. The molecule has 70 valence electrons. The van der Waals surface area contributed by atoms with Crippen LogP contribution in [0.25, 0.3) is 0 Å². The SMILES string of the molecule is CC(N)C(=O)OCc1cccnc1. The van der Waals surface area contributed by atoms with Crippen molar-refractivity contribution >= 4 is 5.97 Å². The number of hydrogen-bond acceptors (Lipinski definition) is 4. The zero-order valence-electron chi connectivity index (χ0n) is 7.43. The quantitative estimate of drug-likeness (QED) is 0.687. The Hall–Kier alpha value is -1.42. The van der Waals surface area contributed by atoms with E-state index in [1.54, 1.807) is 25.4 Å². The van der Waals surface area contributed by atoms with E-state index in [-0.39, 0.29) is 6.61 Å². The Morgan fingerprint density at radius 2 is 2.54 bits per heavy atom. The summed E-state index contributed by atoms with van der Waals surface area (Å²) in [5.41, 5.74) is 6.17. The number of rotatable bonds is 3. The number of carbonyl (C=O) groups is 1. The van der Waals surface area contributed by atoms with Crippen LogP contribution in [0.3, 0.4) is 0 Å². The molecule has 0 aliphatic rings. The topological polar surface area (TPSA) is 65.2 Å². The van der Waals surface area contributed by atoms with E-state index in [9.17, 15) is 4.79 Å². The molecule has 0 spiro atoms. The van der Waals surface area contributed by atoms with Crippen LogP contribution in [-0.2, 0) is 16.1 Å². The monoisotopic (exact) mass is 180 g/mol. The molecule has 1 aromatic heterocycles.